The molecule has 22 heavy (non-hydrogen) atoms. The van der Waals surface area contributed by atoms with Crippen molar-refractivity contribution in [3.05, 3.63) is 35.1 Å². The molecule has 1 aromatic carbocycles. The average molecular weight is 326 g/mol. The lowest BCUT2D eigenvalue weighted by Gasteiger charge is -2.40. The molecule has 0 aliphatic carbocycles. The summed E-state index contributed by atoms with van der Waals surface area (Å²) in [5.41, 5.74) is -0.716. The van der Waals surface area contributed by atoms with Crippen LogP contribution in [0.5, 0.6) is 0 Å². The Bertz CT molecular complexity index is 589. The van der Waals surface area contributed by atoms with Gasteiger partial charge in [0.15, 0.2) is 11.6 Å². The number of hydrogen-bond acceptors (Lipinski definition) is 2. The maximum absolute atomic E-state index is 13.8. The number of nitrogens with zero attached hydrogens (tertiary/aromatic N) is 1. The second-order valence-corrected chi connectivity index (χ2v) is 4.99. The summed E-state index contributed by atoms with van der Waals surface area (Å²) in [4.78, 5) is 12.1. The minimum atomic E-state index is -4.65. The first-order chi connectivity index (χ1) is 10.1. The topological polar surface area (TPSA) is 32.3 Å². The van der Waals surface area contributed by atoms with Gasteiger partial charge in [-0.05, 0) is 19.1 Å². The molecule has 0 aromatic heterocycles. The van der Waals surface area contributed by atoms with Crippen molar-refractivity contribution in [1.29, 1.82) is 0 Å². The lowest BCUT2D eigenvalue weighted by molar-refractivity contribution is -0.169. The molecule has 0 saturated carbocycles. The summed E-state index contributed by atoms with van der Waals surface area (Å²) in [6.07, 6.45) is -4.65. The van der Waals surface area contributed by atoms with Crippen molar-refractivity contribution < 1.29 is 31.1 Å². The van der Waals surface area contributed by atoms with Gasteiger partial charge >= 0.3 is 6.18 Å². The lowest BCUT2D eigenvalue weighted by Crippen LogP contribution is -2.57. The van der Waals surface area contributed by atoms with Crippen LogP contribution in [-0.2, 0) is 4.79 Å². The molecule has 9 heteroatoms. The highest BCUT2D eigenvalue weighted by molar-refractivity contribution is 5.79. The third-order valence-corrected chi connectivity index (χ3v) is 3.51. The molecular formula is C13H12F6N2O. The van der Waals surface area contributed by atoms with E-state index >= 15 is 0 Å². The third kappa shape index (κ3) is 3.18. The largest absolute Gasteiger partial charge is 0.406 e. The van der Waals surface area contributed by atoms with E-state index in [0.29, 0.717) is 17.0 Å². The van der Waals surface area contributed by atoms with Crippen LogP contribution in [0, 0.1) is 17.5 Å². The predicted octanol–water partition coefficient (Wildman–Crippen LogP) is 2.53. The molecule has 1 N–H and O–H groups in total. The molecule has 1 saturated heterocycles. The molecule has 1 aliphatic rings. The Hall–Kier alpha value is -1.77. The number of hydrogen-bond donors (Lipinski definition) is 1. The Morgan fingerprint density at radius 2 is 1.82 bits per heavy atom. The SMILES string of the molecule is C[C@@H]1[C@H](c2c(F)ccc(F)c2F)NCC(=O)N1CC(F)(F)F. The standard InChI is InChI=1S/C13H12F6N2O/c1-6-12(10-7(14)2-3-8(15)11(10)16)20-4-9(22)21(6)5-13(17,18)19/h2-3,6,12,20H,4-5H2,1H3/t6-,12-/m1/s1. The quantitative estimate of drug-likeness (QED) is 0.669. The van der Waals surface area contributed by atoms with E-state index in [4.69, 9.17) is 0 Å². The Kier molecular flexibility index (Phi) is 4.37. The molecule has 0 unspecified atom stereocenters. The van der Waals surface area contributed by atoms with Crippen LogP contribution in [-0.4, -0.2) is 36.1 Å². The summed E-state index contributed by atoms with van der Waals surface area (Å²) < 4.78 is 78.4. The fourth-order valence-electron chi connectivity index (χ4n) is 2.47. The number of halogens is 6. The van der Waals surface area contributed by atoms with Crippen molar-refractivity contribution in [1.82, 2.24) is 10.2 Å². The van der Waals surface area contributed by atoms with E-state index in [-0.39, 0.29) is 0 Å². The van der Waals surface area contributed by atoms with E-state index in [1.807, 2.05) is 0 Å². The number of rotatable bonds is 2. The summed E-state index contributed by atoms with van der Waals surface area (Å²) in [6.45, 7) is -0.853. The van der Waals surface area contributed by atoms with Gasteiger partial charge in [0.1, 0.15) is 12.4 Å². The smallest absolute Gasteiger partial charge is 0.328 e. The van der Waals surface area contributed by atoms with Crippen molar-refractivity contribution in [2.45, 2.75) is 25.2 Å². The zero-order valence-electron chi connectivity index (χ0n) is 11.3. The van der Waals surface area contributed by atoms with Crippen molar-refractivity contribution in [2.24, 2.45) is 0 Å². The van der Waals surface area contributed by atoms with Crippen LogP contribution in [0.2, 0.25) is 0 Å². The van der Waals surface area contributed by atoms with Crippen molar-refractivity contribution in [3.8, 4) is 0 Å². The van der Waals surface area contributed by atoms with Crippen LogP contribution in [0.4, 0.5) is 26.3 Å². The summed E-state index contributed by atoms with van der Waals surface area (Å²) in [6, 6.07) is -1.21. The number of alkyl halides is 3. The molecule has 1 heterocycles. The first-order valence-electron chi connectivity index (χ1n) is 6.35. The van der Waals surface area contributed by atoms with E-state index in [1.165, 1.54) is 6.92 Å². The van der Waals surface area contributed by atoms with Crippen molar-refractivity contribution in [2.75, 3.05) is 13.1 Å². The number of benzene rings is 1. The normalized spacial score (nSPS) is 23.0. The Labute approximate surface area is 121 Å². The molecule has 0 spiro atoms. The average Bonchev–Trinajstić information content (AvgIpc) is 2.40. The second kappa shape index (κ2) is 5.79. The summed E-state index contributed by atoms with van der Waals surface area (Å²) in [5, 5.41) is 2.45. The van der Waals surface area contributed by atoms with Gasteiger partial charge in [0.05, 0.1) is 12.6 Å². The third-order valence-electron chi connectivity index (χ3n) is 3.51. The van der Waals surface area contributed by atoms with E-state index in [1.54, 1.807) is 0 Å². The molecule has 0 bridgehead atoms. The fraction of sp³-hybridized carbons (Fsp3) is 0.462. The van der Waals surface area contributed by atoms with Crippen LogP contribution < -0.4 is 5.32 Å². The van der Waals surface area contributed by atoms with Gasteiger partial charge in [-0.3, -0.25) is 10.1 Å². The maximum Gasteiger partial charge on any atom is 0.406 e. The summed E-state index contributed by atoms with van der Waals surface area (Å²) in [7, 11) is 0. The van der Waals surface area contributed by atoms with E-state index < -0.39 is 60.3 Å². The number of carbonyl (C=O) groups excluding carboxylic acids is 1. The molecule has 3 nitrogen and oxygen atoms in total. The van der Waals surface area contributed by atoms with E-state index in [2.05, 4.69) is 5.32 Å². The Morgan fingerprint density at radius 3 is 2.41 bits per heavy atom. The number of nitrogens with one attached hydrogen (secondary N) is 1. The monoisotopic (exact) mass is 326 g/mol. The van der Waals surface area contributed by atoms with Crippen LogP contribution in [0.1, 0.15) is 18.5 Å². The molecule has 2 atom stereocenters. The molecule has 1 aromatic rings. The van der Waals surface area contributed by atoms with Crippen molar-refractivity contribution in [3.63, 3.8) is 0 Å². The van der Waals surface area contributed by atoms with Crippen LogP contribution in [0.3, 0.4) is 0 Å². The minimum Gasteiger partial charge on any atom is -0.328 e. The molecule has 2 rings (SSSR count). The fourth-order valence-corrected chi connectivity index (χ4v) is 2.47. The number of amides is 1. The van der Waals surface area contributed by atoms with Crippen LogP contribution in [0.15, 0.2) is 12.1 Å². The molecular weight excluding hydrogens is 314 g/mol. The van der Waals surface area contributed by atoms with Gasteiger partial charge < -0.3 is 4.90 Å². The van der Waals surface area contributed by atoms with E-state index in [9.17, 15) is 31.1 Å². The Morgan fingerprint density at radius 1 is 1.23 bits per heavy atom. The van der Waals surface area contributed by atoms with Gasteiger partial charge in [-0.25, -0.2) is 13.2 Å². The van der Waals surface area contributed by atoms with Gasteiger partial charge in [-0.15, -0.1) is 0 Å². The summed E-state index contributed by atoms with van der Waals surface area (Å²) >= 11 is 0. The van der Waals surface area contributed by atoms with Gasteiger partial charge in [0.25, 0.3) is 0 Å². The zero-order chi connectivity index (χ0) is 16.7. The van der Waals surface area contributed by atoms with E-state index in [0.717, 1.165) is 0 Å². The Balaban J connectivity index is 2.37. The minimum absolute atomic E-state index is 0.477. The first-order valence-corrected chi connectivity index (χ1v) is 6.35. The number of carbonyl (C=O) groups is 1. The van der Waals surface area contributed by atoms with Crippen LogP contribution >= 0.6 is 0 Å². The molecule has 0 radical (unpaired) electrons. The molecule has 1 fully saturated rings. The zero-order valence-corrected chi connectivity index (χ0v) is 11.3. The molecule has 122 valence electrons. The van der Waals surface area contributed by atoms with Gasteiger partial charge in [-0.1, -0.05) is 0 Å². The summed E-state index contributed by atoms with van der Waals surface area (Å²) in [5.74, 6) is -4.74. The van der Waals surface area contributed by atoms with Gasteiger partial charge in [-0.2, -0.15) is 13.2 Å². The first kappa shape index (κ1) is 16.6. The number of piperazine rings is 1. The van der Waals surface area contributed by atoms with Gasteiger partial charge in [0.2, 0.25) is 5.91 Å². The van der Waals surface area contributed by atoms with Crippen molar-refractivity contribution >= 4 is 5.91 Å². The lowest BCUT2D eigenvalue weighted by atomic mass is 9.95. The highest BCUT2D eigenvalue weighted by atomic mass is 19.4. The molecule has 1 amide bonds. The van der Waals surface area contributed by atoms with Crippen LogP contribution in [0.25, 0.3) is 0 Å². The maximum atomic E-state index is 13.8. The van der Waals surface area contributed by atoms with Gasteiger partial charge in [0, 0.05) is 11.6 Å². The second-order valence-electron chi connectivity index (χ2n) is 4.99. The predicted molar refractivity (Wildman–Crippen MR) is 64.3 cm³/mol. The highest BCUT2D eigenvalue weighted by Crippen LogP contribution is 2.31. The molecule has 1 aliphatic heterocycles. The highest BCUT2D eigenvalue weighted by Gasteiger charge is 2.42.